The fraction of sp³-hybridized carbons (Fsp3) is 0.800. The number of alkyl halides is 1. The molecule has 12 heavy (non-hydrogen) atoms. The first-order chi connectivity index (χ1) is 5.58. The maximum absolute atomic E-state index is 13.8. The molecule has 2 saturated heterocycles. The molecule has 68 valence electrons. The predicted octanol–water partition coefficient (Wildman–Crippen LogP) is 2.14. The van der Waals surface area contributed by atoms with Gasteiger partial charge >= 0.3 is 0 Å². The van der Waals surface area contributed by atoms with E-state index in [1.807, 2.05) is 0 Å². The molecule has 2 heterocycles. The smallest absolute Gasteiger partial charge is 0.143 e. The summed E-state index contributed by atoms with van der Waals surface area (Å²) < 4.78 is 13.8. The van der Waals surface area contributed by atoms with Crippen LogP contribution in [0, 0.1) is 0 Å². The van der Waals surface area contributed by atoms with Crippen LogP contribution in [0.15, 0.2) is 12.7 Å². The van der Waals surface area contributed by atoms with Gasteiger partial charge in [-0.2, -0.15) is 0 Å². The predicted molar refractivity (Wildman–Crippen MR) is 47.9 cm³/mol. The summed E-state index contributed by atoms with van der Waals surface area (Å²) in [6.07, 6.45) is 4.50. The third-order valence-electron chi connectivity index (χ3n) is 3.40. The highest BCUT2D eigenvalue weighted by molar-refractivity contribution is 5.13. The number of hydrogen-bond donors (Lipinski definition) is 0. The lowest BCUT2D eigenvalue weighted by Crippen LogP contribution is -2.34. The van der Waals surface area contributed by atoms with Crippen molar-refractivity contribution in [2.24, 2.45) is 0 Å². The van der Waals surface area contributed by atoms with E-state index in [2.05, 4.69) is 18.4 Å². The van der Waals surface area contributed by atoms with E-state index in [-0.39, 0.29) is 5.54 Å². The van der Waals surface area contributed by atoms with E-state index in [1.165, 1.54) is 12.5 Å². The minimum absolute atomic E-state index is 0.128. The quantitative estimate of drug-likeness (QED) is 0.543. The molecule has 0 aromatic carbocycles. The summed E-state index contributed by atoms with van der Waals surface area (Å²) in [6.45, 7) is 7.37. The largest absolute Gasteiger partial charge is 0.294 e. The second-order valence-corrected chi connectivity index (χ2v) is 4.44. The van der Waals surface area contributed by atoms with E-state index >= 15 is 0 Å². The molecule has 2 heteroatoms. The highest BCUT2D eigenvalue weighted by Gasteiger charge is 2.51. The molecule has 0 saturated carbocycles. The molecule has 0 amide bonds. The second kappa shape index (κ2) is 2.32. The molecule has 2 aliphatic rings. The van der Waals surface area contributed by atoms with Gasteiger partial charge in [0.05, 0.1) is 0 Å². The number of fused-ring (bicyclic) bond motifs is 1. The van der Waals surface area contributed by atoms with Gasteiger partial charge in [-0.1, -0.05) is 12.7 Å². The molecule has 0 N–H and O–H groups in total. The number of nitrogens with zero attached hydrogens (tertiary/aromatic N) is 1. The van der Waals surface area contributed by atoms with Gasteiger partial charge in [0.15, 0.2) is 0 Å². The van der Waals surface area contributed by atoms with E-state index in [9.17, 15) is 4.39 Å². The SMILES string of the molecule is C=CC1(F)CN2CCC[C@@]2(C)C1. The van der Waals surface area contributed by atoms with Crippen molar-refractivity contribution in [1.82, 2.24) is 4.90 Å². The molecular formula is C10H16FN. The lowest BCUT2D eigenvalue weighted by molar-refractivity contribution is 0.211. The van der Waals surface area contributed by atoms with Crippen molar-refractivity contribution in [3.63, 3.8) is 0 Å². The highest BCUT2D eigenvalue weighted by atomic mass is 19.1. The maximum Gasteiger partial charge on any atom is 0.143 e. The van der Waals surface area contributed by atoms with Crippen LogP contribution in [0.3, 0.4) is 0 Å². The summed E-state index contributed by atoms with van der Waals surface area (Å²) in [6, 6.07) is 0. The molecule has 0 spiro atoms. The van der Waals surface area contributed by atoms with Crippen LogP contribution < -0.4 is 0 Å². The van der Waals surface area contributed by atoms with Crippen molar-refractivity contribution in [3.05, 3.63) is 12.7 Å². The molecule has 1 unspecified atom stereocenters. The molecular weight excluding hydrogens is 153 g/mol. The molecule has 2 aliphatic heterocycles. The molecule has 2 fully saturated rings. The first kappa shape index (κ1) is 8.24. The van der Waals surface area contributed by atoms with Crippen molar-refractivity contribution >= 4 is 0 Å². The Hall–Kier alpha value is -0.370. The van der Waals surface area contributed by atoms with Gasteiger partial charge in [0.2, 0.25) is 0 Å². The second-order valence-electron chi connectivity index (χ2n) is 4.44. The van der Waals surface area contributed by atoms with Crippen LogP contribution in [0.5, 0.6) is 0 Å². The fourth-order valence-corrected chi connectivity index (χ4v) is 2.69. The Labute approximate surface area is 73.2 Å². The van der Waals surface area contributed by atoms with Crippen molar-refractivity contribution in [3.8, 4) is 0 Å². The lowest BCUT2D eigenvalue weighted by atomic mass is 9.90. The van der Waals surface area contributed by atoms with Crippen LogP contribution >= 0.6 is 0 Å². The van der Waals surface area contributed by atoms with Crippen molar-refractivity contribution in [1.29, 1.82) is 0 Å². The van der Waals surface area contributed by atoms with E-state index in [0.29, 0.717) is 13.0 Å². The van der Waals surface area contributed by atoms with Crippen molar-refractivity contribution in [2.45, 2.75) is 37.4 Å². The van der Waals surface area contributed by atoms with Crippen LogP contribution in [0.25, 0.3) is 0 Å². The summed E-state index contributed by atoms with van der Waals surface area (Å²) in [5.74, 6) is 0. The van der Waals surface area contributed by atoms with E-state index in [1.54, 1.807) is 0 Å². The first-order valence-electron chi connectivity index (χ1n) is 4.66. The Morgan fingerprint density at radius 1 is 1.58 bits per heavy atom. The molecule has 0 aromatic heterocycles. The highest BCUT2D eigenvalue weighted by Crippen LogP contribution is 2.45. The molecule has 2 rings (SSSR count). The van der Waals surface area contributed by atoms with Crippen LogP contribution in [-0.4, -0.2) is 29.2 Å². The zero-order chi connectivity index (χ0) is 8.82. The van der Waals surface area contributed by atoms with Gasteiger partial charge in [-0.25, -0.2) is 4.39 Å². The van der Waals surface area contributed by atoms with Gasteiger partial charge in [0.1, 0.15) is 5.67 Å². The van der Waals surface area contributed by atoms with Crippen molar-refractivity contribution in [2.75, 3.05) is 13.1 Å². The minimum Gasteiger partial charge on any atom is -0.294 e. The minimum atomic E-state index is -1.12. The Morgan fingerprint density at radius 2 is 2.33 bits per heavy atom. The summed E-state index contributed by atoms with van der Waals surface area (Å²) in [7, 11) is 0. The zero-order valence-corrected chi connectivity index (χ0v) is 7.65. The summed E-state index contributed by atoms with van der Waals surface area (Å²) >= 11 is 0. The van der Waals surface area contributed by atoms with Gasteiger partial charge in [-0.3, -0.25) is 4.90 Å². The Balaban J connectivity index is 2.20. The van der Waals surface area contributed by atoms with Crippen LogP contribution in [0.1, 0.15) is 26.2 Å². The van der Waals surface area contributed by atoms with Gasteiger partial charge < -0.3 is 0 Å². The Bertz CT molecular complexity index is 216. The fourth-order valence-electron chi connectivity index (χ4n) is 2.69. The summed E-state index contributed by atoms with van der Waals surface area (Å²) in [5.41, 5.74) is -0.988. The topological polar surface area (TPSA) is 3.24 Å². The number of hydrogen-bond acceptors (Lipinski definition) is 1. The number of halogens is 1. The maximum atomic E-state index is 13.8. The normalized spacial score (nSPS) is 47.8. The monoisotopic (exact) mass is 169 g/mol. The van der Waals surface area contributed by atoms with Crippen molar-refractivity contribution < 1.29 is 4.39 Å². The zero-order valence-electron chi connectivity index (χ0n) is 7.65. The standard InChI is InChI=1S/C10H16FN/c1-3-10(11)7-9(2)5-4-6-12(9)8-10/h3H,1,4-8H2,2H3/t9-,10?/m0/s1. The van der Waals surface area contributed by atoms with Gasteiger partial charge in [0, 0.05) is 18.5 Å². The average molecular weight is 169 g/mol. The van der Waals surface area contributed by atoms with Gasteiger partial charge in [-0.15, -0.1) is 0 Å². The molecule has 0 aliphatic carbocycles. The van der Waals surface area contributed by atoms with Crippen LogP contribution in [-0.2, 0) is 0 Å². The van der Waals surface area contributed by atoms with E-state index in [0.717, 1.165) is 13.0 Å². The van der Waals surface area contributed by atoms with E-state index in [4.69, 9.17) is 0 Å². The number of rotatable bonds is 1. The molecule has 0 radical (unpaired) electrons. The Kier molecular flexibility index (Phi) is 1.59. The molecule has 2 atom stereocenters. The molecule has 0 aromatic rings. The summed E-state index contributed by atoms with van der Waals surface area (Å²) in [5, 5.41) is 0. The average Bonchev–Trinajstić information content (AvgIpc) is 2.41. The van der Waals surface area contributed by atoms with E-state index < -0.39 is 5.67 Å². The van der Waals surface area contributed by atoms with Gasteiger partial charge in [0.25, 0.3) is 0 Å². The lowest BCUT2D eigenvalue weighted by Gasteiger charge is -2.25. The van der Waals surface area contributed by atoms with Gasteiger partial charge in [-0.05, 0) is 26.3 Å². The first-order valence-corrected chi connectivity index (χ1v) is 4.66. The molecule has 0 bridgehead atoms. The van der Waals surface area contributed by atoms with Crippen LogP contribution in [0.4, 0.5) is 4.39 Å². The third kappa shape index (κ3) is 1.01. The summed E-state index contributed by atoms with van der Waals surface area (Å²) in [4.78, 5) is 2.27. The van der Waals surface area contributed by atoms with Crippen LogP contribution in [0.2, 0.25) is 0 Å². The third-order valence-corrected chi connectivity index (χ3v) is 3.40. The Morgan fingerprint density at radius 3 is 2.92 bits per heavy atom. The molecule has 1 nitrogen and oxygen atoms in total.